The second-order valence-corrected chi connectivity index (χ2v) is 4.42. The van der Waals surface area contributed by atoms with Gasteiger partial charge in [-0.2, -0.15) is 0 Å². The Morgan fingerprint density at radius 3 is 3.00 bits per heavy atom. The summed E-state index contributed by atoms with van der Waals surface area (Å²) in [4.78, 5) is 13.3. The minimum Gasteiger partial charge on any atom is -0.469 e. The minimum atomic E-state index is 0.597. The predicted octanol–water partition coefficient (Wildman–Crippen LogP) is 1.68. The Hall–Kier alpha value is -2.37. The molecule has 3 heterocycles. The van der Waals surface area contributed by atoms with Crippen molar-refractivity contribution in [3.63, 3.8) is 0 Å². The first-order valence-electron chi connectivity index (χ1n) is 6.28. The van der Waals surface area contributed by atoms with Gasteiger partial charge in [0.1, 0.15) is 23.4 Å². The molecule has 0 saturated carbocycles. The molecule has 3 rings (SSSR count). The van der Waals surface area contributed by atoms with E-state index in [0.717, 1.165) is 35.6 Å². The fraction of sp³-hybridized carbons (Fsp3) is 0.308. The fourth-order valence-electron chi connectivity index (χ4n) is 2.06. The van der Waals surface area contributed by atoms with Crippen LogP contribution in [0, 0.1) is 0 Å². The van der Waals surface area contributed by atoms with E-state index in [1.807, 2.05) is 12.1 Å². The third-order valence-corrected chi connectivity index (χ3v) is 2.94. The highest BCUT2D eigenvalue weighted by molar-refractivity contribution is 5.73. The minimum absolute atomic E-state index is 0.597. The molecule has 3 aromatic rings. The molecule has 2 N–H and O–H groups in total. The molecule has 3 aromatic heterocycles. The number of imidazole rings is 1. The first kappa shape index (κ1) is 11.7. The highest BCUT2D eigenvalue weighted by Crippen LogP contribution is 2.17. The number of furan rings is 1. The highest BCUT2D eigenvalue weighted by Gasteiger charge is 2.13. The molecule has 0 radical (unpaired) electrons. The van der Waals surface area contributed by atoms with Gasteiger partial charge in [-0.25, -0.2) is 19.6 Å². The molecule has 0 aliphatic rings. The zero-order valence-electron chi connectivity index (χ0n) is 10.7. The van der Waals surface area contributed by atoms with Gasteiger partial charge < -0.3 is 10.3 Å². The van der Waals surface area contributed by atoms with Crippen LogP contribution in [0.5, 0.6) is 0 Å². The molecule has 0 saturated heterocycles. The molecule has 19 heavy (non-hydrogen) atoms. The number of nitrogen functional groups attached to an aromatic ring is 1. The average Bonchev–Trinajstić information content (AvgIpc) is 3.01. The number of hydrogen-bond acceptors (Lipinski definition) is 5. The van der Waals surface area contributed by atoms with Crippen molar-refractivity contribution in [3.8, 4) is 0 Å². The third-order valence-electron chi connectivity index (χ3n) is 2.94. The monoisotopic (exact) mass is 257 g/mol. The van der Waals surface area contributed by atoms with Crippen LogP contribution in [0.2, 0.25) is 0 Å². The molecular formula is C13H15N5O. The van der Waals surface area contributed by atoms with Crippen LogP contribution >= 0.6 is 0 Å². The lowest BCUT2D eigenvalue weighted by Gasteiger charge is -2.04. The molecule has 0 aromatic carbocycles. The van der Waals surface area contributed by atoms with Gasteiger partial charge in [0.2, 0.25) is 0 Å². The smallest absolute Gasteiger partial charge is 0.182 e. The summed E-state index contributed by atoms with van der Waals surface area (Å²) in [7, 11) is 0. The largest absolute Gasteiger partial charge is 0.469 e. The molecular weight excluding hydrogens is 242 g/mol. The summed E-state index contributed by atoms with van der Waals surface area (Å²) in [5.74, 6) is 7.47. The summed E-state index contributed by atoms with van der Waals surface area (Å²) in [6, 6.07) is 3.79. The third kappa shape index (κ3) is 2.16. The maximum absolute atomic E-state index is 5.82. The molecule has 0 atom stereocenters. The second kappa shape index (κ2) is 4.72. The van der Waals surface area contributed by atoms with Crippen molar-refractivity contribution in [3.05, 3.63) is 42.0 Å². The van der Waals surface area contributed by atoms with E-state index in [4.69, 9.17) is 10.3 Å². The number of fused-ring (bicyclic) bond motifs is 1. The van der Waals surface area contributed by atoms with E-state index in [1.54, 1.807) is 12.6 Å². The van der Waals surface area contributed by atoms with Crippen LogP contribution in [-0.4, -0.2) is 19.6 Å². The van der Waals surface area contributed by atoms with Gasteiger partial charge in [0.15, 0.2) is 5.65 Å². The Morgan fingerprint density at radius 1 is 1.37 bits per heavy atom. The predicted molar refractivity (Wildman–Crippen MR) is 71.0 cm³/mol. The second-order valence-electron chi connectivity index (χ2n) is 4.42. The van der Waals surface area contributed by atoms with Gasteiger partial charge in [-0.15, -0.1) is 0 Å². The lowest BCUT2D eigenvalue weighted by molar-refractivity contribution is 0.519. The molecule has 98 valence electrons. The summed E-state index contributed by atoms with van der Waals surface area (Å²) in [5, 5.41) is 0. The molecule has 0 spiro atoms. The summed E-state index contributed by atoms with van der Waals surface area (Å²) in [6.45, 7) is 2.10. The molecule has 0 amide bonds. The van der Waals surface area contributed by atoms with E-state index in [-0.39, 0.29) is 0 Å². The maximum atomic E-state index is 5.82. The highest BCUT2D eigenvalue weighted by atomic mass is 16.3. The first-order chi connectivity index (χ1) is 9.28. The van der Waals surface area contributed by atoms with Gasteiger partial charge in [0.05, 0.1) is 18.4 Å². The summed E-state index contributed by atoms with van der Waals surface area (Å²) < 4.78 is 6.80. The normalized spacial score (nSPS) is 11.2. The summed E-state index contributed by atoms with van der Waals surface area (Å²) in [5.41, 5.74) is 2.26. The van der Waals surface area contributed by atoms with E-state index in [2.05, 4.69) is 21.9 Å². The lowest BCUT2D eigenvalue weighted by atomic mass is 10.2. The van der Waals surface area contributed by atoms with Gasteiger partial charge in [-0.05, 0) is 18.6 Å². The molecule has 6 nitrogen and oxygen atoms in total. The first-order valence-corrected chi connectivity index (χ1v) is 6.28. The standard InChI is InChI=1S/C13H15N5O/c1-2-4-11-16-10(7-9-5-3-6-19-9)12-13(17-11)18(14)8-15-12/h3,5-6,8H,2,4,7,14H2,1H3. The van der Waals surface area contributed by atoms with Crippen molar-refractivity contribution in [2.75, 3.05) is 5.84 Å². The summed E-state index contributed by atoms with van der Waals surface area (Å²) in [6.07, 6.45) is 5.62. The van der Waals surface area contributed by atoms with Crippen LogP contribution in [0.4, 0.5) is 0 Å². The van der Waals surface area contributed by atoms with E-state index >= 15 is 0 Å². The number of nitrogens with zero attached hydrogens (tertiary/aromatic N) is 4. The quantitative estimate of drug-likeness (QED) is 0.719. The summed E-state index contributed by atoms with van der Waals surface area (Å²) >= 11 is 0. The van der Waals surface area contributed by atoms with Gasteiger partial charge in [-0.1, -0.05) is 6.92 Å². The molecule has 0 fully saturated rings. The Bertz CT molecular complexity index is 686. The molecule has 0 unspecified atom stereocenters. The van der Waals surface area contributed by atoms with Crippen molar-refractivity contribution in [2.24, 2.45) is 0 Å². The van der Waals surface area contributed by atoms with E-state index < -0.39 is 0 Å². The lowest BCUT2D eigenvalue weighted by Crippen LogP contribution is -2.09. The van der Waals surface area contributed by atoms with Crippen LogP contribution in [0.3, 0.4) is 0 Å². The molecule has 0 aliphatic heterocycles. The van der Waals surface area contributed by atoms with Gasteiger partial charge in [-0.3, -0.25) is 0 Å². The van der Waals surface area contributed by atoms with Gasteiger partial charge in [0, 0.05) is 6.42 Å². The molecule has 0 aliphatic carbocycles. The van der Waals surface area contributed by atoms with Crippen molar-refractivity contribution in [1.82, 2.24) is 19.6 Å². The van der Waals surface area contributed by atoms with Crippen LogP contribution in [0.1, 0.15) is 30.6 Å². The number of rotatable bonds is 4. The van der Waals surface area contributed by atoms with Crippen LogP contribution in [0.15, 0.2) is 29.1 Å². The molecule has 0 bridgehead atoms. The maximum Gasteiger partial charge on any atom is 0.182 e. The Morgan fingerprint density at radius 2 is 2.26 bits per heavy atom. The van der Waals surface area contributed by atoms with E-state index in [0.29, 0.717) is 12.1 Å². The van der Waals surface area contributed by atoms with E-state index in [1.165, 1.54) is 4.68 Å². The SMILES string of the molecule is CCCc1nc(Cc2ccco2)c2ncn(N)c2n1. The number of hydrogen-bond donors (Lipinski definition) is 1. The van der Waals surface area contributed by atoms with Crippen molar-refractivity contribution < 1.29 is 4.42 Å². The van der Waals surface area contributed by atoms with Crippen LogP contribution < -0.4 is 5.84 Å². The Balaban J connectivity index is 2.09. The fourth-order valence-corrected chi connectivity index (χ4v) is 2.06. The average molecular weight is 257 g/mol. The number of aryl methyl sites for hydroxylation is 1. The molecule has 6 heteroatoms. The van der Waals surface area contributed by atoms with Gasteiger partial charge >= 0.3 is 0 Å². The van der Waals surface area contributed by atoms with Crippen molar-refractivity contribution in [1.29, 1.82) is 0 Å². The Labute approximate surface area is 110 Å². The van der Waals surface area contributed by atoms with Crippen LogP contribution in [0.25, 0.3) is 11.2 Å². The zero-order chi connectivity index (χ0) is 13.2. The topological polar surface area (TPSA) is 82.8 Å². The van der Waals surface area contributed by atoms with Crippen molar-refractivity contribution >= 4 is 11.2 Å². The van der Waals surface area contributed by atoms with Crippen LogP contribution in [-0.2, 0) is 12.8 Å². The number of nitrogens with two attached hydrogens (primary N) is 1. The van der Waals surface area contributed by atoms with E-state index in [9.17, 15) is 0 Å². The van der Waals surface area contributed by atoms with Crippen molar-refractivity contribution in [2.45, 2.75) is 26.2 Å². The Kier molecular flexibility index (Phi) is 2.91. The van der Waals surface area contributed by atoms with Gasteiger partial charge in [0.25, 0.3) is 0 Å². The zero-order valence-corrected chi connectivity index (χ0v) is 10.7. The number of aromatic nitrogens is 4.